The van der Waals surface area contributed by atoms with E-state index in [0.29, 0.717) is 12.2 Å². The van der Waals surface area contributed by atoms with E-state index in [1.807, 2.05) is 0 Å². The maximum Gasteiger partial charge on any atom is 0.0605 e. The van der Waals surface area contributed by atoms with E-state index >= 15 is 0 Å². The summed E-state index contributed by atoms with van der Waals surface area (Å²) in [7, 11) is 0. The predicted octanol–water partition coefficient (Wildman–Crippen LogP) is 4.47. The summed E-state index contributed by atoms with van der Waals surface area (Å²) in [6.45, 7) is 9.10. The fraction of sp³-hybridized carbons (Fsp3) is 0.769. The zero-order valence-electron chi connectivity index (χ0n) is 18.6. The van der Waals surface area contributed by atoms with Crippen LogP contribution in [0.1, 0.15) is 62.5 Å². The summed E-state index contributed by atoms with van der Waals surface area (Å²) < 4.78 is 11.9. The molecule has 0 saturated carbocycles. The Morgan fingerprint density at radius 2 is 1.13 bits per heavy atom. The van der Waals surface area contributed by atoms with Crippen LogP contribution in [-0.4, -0.2) is 61.4 Å². The van der Waals surface area contributed by atoms with Gasteiger partial charge in [-0.2, -0.15) is 0 Å². The average molecular weight is 413 g/mol. The number of hydrogen-bond donors (Lipinski definition) is 0. The van der Waals surface area contributed by atoms with Gasteiger partial charge in [-0.3, -0.25) is 9.80 Å². The van der Waals surface area contributed by atoms with Crippen LogP contribution < -0.4 is 0 Å². The van der Waals surface area contributed by atoms with Crippen LogP contribution in [-0.2, 0) is 22.6 Å². The zero-order valence-corrected chi connectivity index (χ0v) is 18.6. The molecule has 2 atom stereocenters. The van der Waals surface area contributed by atoms with Gasteiger partial charge in [0, 0.05) is 26.3 Å². The van der Waals surface area contributed by atoms with E-state index in [1.54, 1.807) is 0 Å². The molecule has 166 valence electrons. The summed E-state index contributed by atoms with van der Waals surface area (Å²) in [4.78, 5) is 5.30. The van der Waals surface area contributed by atoms with Gasteiger partial charge in [-0.05, 0) is 101 Å². The molecule has 0 spiro atoms. The van der Waals surface area contributed by atoms with Crippen LogP contribution in [0, 0.1) is 11.8 Å². The van der Waals surface area contributed by atoms with Crippen molar-refractivity contribution in [1.29, 1.82) is 0 Å². The average Bonchev–Trinajstić information content (AvgIpc) is 3.50. The van der Waals surface area contributed by atoms with Crippen molar-refractivity contribution in [3.8, 4) is 0 Å². The zero-order chi connectivity index (χ0) is 20.2. The summed E-state index contributed by atoms with van der Waals surface area (Å²) in [5.41, 5.74) is 2.97. The summed E-state index contributed by atoms with van der Waals surface area (Å²) in [5.74, 6) is 1.60. The van der Waals surface area contributed by atoms with Crippen LogP contribution in [0.4, 0.5) is 0 Å². The number of rotatable bonds is 6. The van der Waals surface area contributed by atoms with E-state index in [-0.39, 0.29) is 0 Å². The molecule has 0 bridgehead atoms. The molecule has 4 aliphatic heterocycles. The molecule has 0 N–H and O–H groups in total. The molecule has 4 nitrogen and oxygen atoms in total. The molecular weight excluding hydrogens is 372 g/mol. The van der Waals surface area contributed by atoms with Gasteiger partial charge in [-0.15, -0.1) is 0 Å². The second-order valence-electron chi connectivity index (χ2n) is 10.2. The van der Waals surface area contributed by atoms with Crippen LogP contribution in [0.25, 0.3) is 0 Å². The predicted molar refractivity (Wildman–Crippen MR) is 120 cm³/mol. The Hall–Kier alpha value is -0.940. The first-order valence-corrected chi connectivity index (χ1v) is 12.6. The third-order valence-corrected chi connectivity index (χ3v) is 8.05. The first-order chi connectivity index (χ1) is 14.8. The molecule has 4 heterocycles. The van der Waals surface area contributed by atoms with Gasteiger partial charge < -0.3 is 9.47 Å². The first-order valence-electron chi connectivity index (χ1n) is 12.6. The maximum atomic E-state index is 5.94. The van der Waals surface area contributed by atoms with Gasteiger partial charge in [0.1, 0.15) is 0 Å². The van der Waals surface area contributed by atoms with Crippen LogP contribution in [0.5, 0.6) is 0 Å². The standard InChI is InChI=1S/C26H40N2O2/c1-4-21(19-27-12-8-23(9-13-27)25-6-2-16-29-25)18-22(5-1)20-28-14-10-24(11-15-28)26-7-3-17-30-26/h1,4-5,18,23-26H,2-3,6-17,19-20H2. The molecule has 4 aliphatic rings. The molecular formula is C26H40N2O2. The third kappa shape index (κ3) is 5.27. The van der Waals surface area contributed by atoms with Gasteiger partial charge in [-0.25, -0.2) is 0 Å². The molecule has 5 rings (SSSR count). The van der Waals surface area contributed by atoms with Gasteiger partial charge in [0.2, 0.25) is 0 Å². The number of piperidine rings is 2. The van der Waals surface area contributed by atoms with Crippen LogP contribution in [0.2, 0.25) is 0 Å². The highest BCUT2D eigenvalue weighted by atomic mass is 16.5. The van der Waals surface area contributed by atoms with Gasteiger partial charge >= 0.3 is 0 Å². The molecule has 1 aromatic carbocycles. The number of hydrogen-bond acceptors (Lipinski definition) is 4. The third-order valence-electron chi connectivity index (χ3n) is 8.05. The van der Waals surface area contributed by atoms with Crippen molar-refractivity contribution in [2.24, 2.45) is 11.8 Å². The SMILES string of the molecule is c1cc(CN2CCC(C3CCCO3)CC2)cc(CN2CCC(C3CCCO3)CC2)c1. The minimum atomic E-state index is 0.555. The Morgan fingerprint density at radius 1 is 0.667 bits per heavy atom. The summed E-state index contributed by atoms with van der Waals surface area (Å²) in [6.07, 6.45) is 11.5. The molecule has 4 fully saturated rings. The van der Waals surface area contributed by atoms with Crippen molar-refractivity contribution in [2.75, 3.05) is 39.4 Å². The first kappa shape index (κ1) is 20.9. The summed E-state index contributed by atoms with van der Waals surface area (Å²) >= 11 is 0. The summed E-state index contributed by atoms with van der Waals surface area (Å²) in [5, 5.41) is 0. The number of nitrogens with zero attached hydrogens (tertiary/aromatic N) is 2. The monoisotopic (exact) mass is 412 g/mol. The van der Waals surface area contributed by atoms with E-state index in [4.69, 9.17) is 9.47 Å². The second kappa shape index (κ2) is 10.1. The minimum Gasteiger partial charge on any atom is -0.378 e. The lowest BCUT2D eigenvalue weighted by molar-refractivity contribution is 0.0302. The van der Waals surface area contributed by atoms with Crippen molar-refractivity contribution >= 4 is 0 Å². The van der Waals surface area contributed by atoms with Crippen molar-refractivity contribution in [3.05, 3.63) is 35.4 Å². The van der Waals surface area contributed by atoms with Crippen LogP contribution in [0.15, 0.2) is 24.3 Å². The Bertz CT molecular complexity index is 600. The number of benzene rings is 1. The lowest BCUT2D eigenvalue weighted by Crippen LogP contribution is -2.37. The van der Waals surface area contributed by atoms with E-state index < -0.39 is 0 Å². The van der Waals surface area contributed by atoms with Gasteiger partial charge in [0.05, 0.1) is 12.2 Å². The molecule has 4 saturated heterocycles. The molecule has 0 radical (unpaired) electrons. The highest BCUT2D eigenvalue weighted by molar-refractivity contribution is 5.23. The van der Waals surface area contributed by atoms with Crippen LogP contribution >= 0.6 is 0 Å². The van der Waals surface area contributed by atoms with Crippen LogP contribution in [0.3, 0.4) is 0 Å². The van der Waals surface area contributed by atoms with Gasteiger partial charge in [0.15, 0.2) is 0 Å². The Balaban J connectivity index is 1.07. The molecule has 0 amide bonds. The minimum absolute atomic E-state index is 0.555. The van der Waals surface area contributed by atoms with E-state index in [9.17, 15) is 0 Å². The molecule has 1 aromatic rings. The number of likely N-dealkylation sites (tertiary alicyclic amines) is 2. The molecule has 2 unspecified atom stereocenters. The smallest absolute Gasteiger partial charge is 0.0605 e. The van der Waals surface area contributed by atoms with Crippen molar-refractivity contribution < 1.29 is 9.47 Å². The van der Waals surface area contributed by atoms with Crippen molar-refractivity contribution in [1.82, 2.24) is 9.80 Å². The fourth-order valence-electron chi connectivity index (χ4n) is 6.26. The highest BCUT2D eigenvalue weighted by Gasteiger charge is 2.30. The Kier molecular flexibility index (Phi) is 7.06. The van der Waals surface area contributed by atoms with Crippen molar-refractivity contribution in [3.63, 3.8) is 0 Å². The normalized spacial score (nSPS) is 30.3. The lowest BCUT2D eigenvalue weighted by Gasteiger charge is -2.35. The molecule has 0 aliphatic carbocycles. The topological polar surface area (TPSA) is 24.9 Å². The Labute approximate surface area is 182 Å². The van der Waals surface area contributed by atoms with E-state index in [0.717, 1.165) is 38.1 Å². The maximum absolute atomic E-state index is 5.94. The second-order valence-corrected chi connectivity index (χ2v) is 10.2. The number of ether oxygens (including phenoxy) is 2. The lowest BCUT2D eigenvalue weighted by atomic mass is 9.89. The van der Waals surface area contributed by atoms with Gasteiger partial charge in [-0.1, -0.05) is 24.3 Å². The highest BCUT2D eigenvalue weighted by Crippen LogP contribution is 2.30. The van der Waals surface area contributed by atoms with E-state index in [1.165, 1.54) is 88.7 Å². The fourth-order valence-corrected chi connectivity index (χ4v) is 6.26. The van der Waals surface area contributed by atoms with Gasteiger partial charge in [0.25, 0.3) is 0 Å². The molecule has 30 heavy (non-hydrogen) atoms. The molecule has 0 aromatic heterocycles. The Morgan fingerprint density at radius 3 is 1.53 bits per heavy atom. The van der Waals surface area contributed by atoms with Crippen molar-refractivity contribution in [2.45, 2.75) is 76.7 Å². The molecule has 4 heteroatoms. The van der Waals surface area contributed by atoms with E-state index in [2.05, 4.69) is 34.1 Å². The largest absolute Gasteiger partial charge is 0.378 e. The summed E-state index contributed by atoms with van der Waals surface area (Å²) in [6, 6.07) is 9.36. The quantitative estimate of drug-likeness (QED) is 0.688.